The van der Waals surface area contributed by atoms with E-state index in [0.29, 0.717) is 18.6 Å². The number of carbonyl (C=O) groups is 1. The van der Waals surface area contributed by atoms with Gasteiger partial charge in [0.2, 0.25) is 0 Å². The van der Waals surface area contributed by atoms with Gasteiger partial charge >= 0.3 is 0 Å². The van der Waals surface area contributed by atoms with Crippen LogP contribution in [0, 0.1) is 0 Å². The first kappa shape index (κ1) is 16.3. The van der Waals surface area contributed by atoms with Gasteiger partial charge < -0.3 is 5.11 Å². The van der Waals surface area contributed by atoms with Gasteiger partial charge in [0.1, 0.15) is 5.75 Å². The number of rotatable bonds is 0. The molecule has 0 radical (unpaired) electrons. The van der Waals surface area contributed by atoms with Gasteiger partial charge in [-0.25, -0.2) is 0 Å². The predicted octanol–water partition coefficient (Wildman–Crippen LogP) is 5.90. The normalized spacial score (nSPS) is 20.6. The fourth-order valence-corrected chi connectivity index (χ4v) is 5.42. The Hall–Kier alpha value is -1.91. The van der Waals surface area contributed by atoms with Gasteiger partial charge in [0.05, 0.1) is 5.41 Å². The monoisotopic (exact) mass is 468 g/mol. The minimum Gasteiger partial charge on any atom is -0.508 e. The van der Waals surface area contributed by atoms with Crippen molar-refractivity contribution in [3.8, 4) is 5.75 Å². The van der Waals surface area contributed by atoms with E-state index in [9.17, 15) is 9.90 Å². The van der Waals surface area contributed by atoms with E-state index in [2.05, 4.69) is 44.0 Å². The van der Waals surface area contributed by atoms with Crippen LogP contribution in [0.2, 0.25) is 0 Å². The Morgan fingerprint density at radius 2 is 1.77 bits per heavy atom. The van der Waals surface area contributed by atoms with Crippen molar-refractivity contribution in [2.75, 3.05) is 0 Å². The standard InChI is InChI=1S/C22H14Br2O2/c23-14-3-4-17-12(9-14)2-6-20(26)22(17)8-7-16-19(25)5-1-13-10-15(24)11-18(22)21(13)16/h1-6,9-11,25H,7-8H2. The number of benzene rings is 3. The van der Waals surface area contributed by atoms with Crippen molar-refractivity contribution in [2.24, 2.45) is 0 Å². The van der Waals surface area contributed by atoms with Crippen LogP contribution >= 0.6 is 31.9 Å². The van der Waals surface area contributed by atoms with Gasteiger partial charge in [-0.3, -0.25) is 4.79 Å². The summed E-state index contributed by atoms with van der Waals surface area (Å²) in [5.41, 5.74) is 3.33. The zero-order valence-corrected chi connectivity index (χ0v) is 16.9. The van der Waals surface area contributed by atoms with Crippen molar-refractivity contribution >= 4 is 54.5 Å². The van der Waals surface area contributed by atoms with Crippen LogP contribution in [0.1, 0.15) is 28.7 Å². The fourth-order valence-electron chi connectivity index (χ4n) is 4.57. The van der Waals surface area contributed by atoms with E-state index in [1.807, 2.05) is 30.3 Å². The highest BCUT2D eigenvalue weighted by molar-refractivity contribution is 9.10. The molecule has 1 N–H and O–H groups in total. The second-order valence-electron chi connectivity index (χ2n) is 6.95. The minimum absolute atomic E-state index is 0.112. The fraction of sp³-hybridized carbons (Fsp3) is 0.136. The number of aryl methyl sites for hydroxylation is 1. The summed E-state index contributed by atoms with van der Waals surface area (Å²) in [6.07, 6.45) is 4.93. The molecule has 2 aliphatic rings. The predicted molar refractivity (Wildman–Crippen MR) is 111 cm³/mol. The van der Waals surface area contributed by atoms with Crippen LogP contribution in [-0.2, 0) is 16.6 Å². The molecule has 5 rings (SSSR count). The van der Waals surface area contributed by atoms with Gasteiger partial charge in [-0.05, 0) is 76.7 Å². The Morgan fingerprint density at radius 1 is 0.923 bits per heavy atom. The van der Waals surface area contributed by atoms with Crippen molar-refractivity contribution < 1.29 is 9.90 Å². The minimum atomic E-state index is -0.701. The second kappa shape index (κ2) is 5.54. The lowest BCUT2D eigenvalue weighted by atomic mass is 9.61. The number of halogens is 2. The van der Waals surface area contributed by atoms with Crippen LogP contribution in [0.3, 0.4) is 0 Å². The number of carbonyl (C=O) groups excluding carboxylic acids is 1. The zero-order chi connectivity index (χ0) is 18.1. The van der Waals surface area contributed by atoms with Crippen molar-refractivity contribution in [2.45, 2.75) is 18.3 Å². The first-order chi connectivity index (χ1) is 12.5. The second-order valence-corrected chi connectivity index (χ2v) is 8.78. The molecule has 26 heavy (non-hydrogen) atoms. The molecular weight excluding hydrogens is 456 g/mol. The highest BCUT2D eigenvalue weighted by Gasteiger charge is 2.46. The molecule has 0 amide bonds. The lowest BCUT2D eigenvalue weighted by Gasteiger charge is -2.40. The molecule has 4 heteroatoms. The van der Waals surface area contributed by atoms with E-state index in [4.69, 9.17) is 0 Å². The number of hydrogen-bond donors (Lipinski definition) is 1. The summed E-state index contributed by atoms with van der Waals surface area (Å²) in [5, 5.41) is 12.5. The molecule has 3 aromatic rings. The summed E-state index contributed by atoms with van der Waals surface area (Å²) in [4.78, 5) is 13.3. The molecule has 2 aliphatic carbocycles. The molecule has 0 fully saturated rings. The number of phenols is 1. The zero-order valence-electron chi connectivity index (χ0n) is 13.7. The summed E-state index contributed by atoms with van der Waals surface area (Å²) in [7, 11) is 0. The SMILES string of the molecule is O=C1C=Cc2cc(Br)ccc2C12CCc1c(O)ccc3cc(Br)cc2c13. The average Bonchev–Trinajstić information content (AvgIpc) is 2.62. The summed E-state index contributed by atoms with van der Waals surface area (Å²) in [6.45, 7) is 0. The maximum Gasteiger partial charge on any atom is 0.170 e. The summed E-state index contributed by atoms with van der Waals surface area (Å²) in [5.74, 6) is 0.423. The van der Waals surface area contributed by atoms with E-state index in [1.165, 1.54) is 0 Å². The third-order valence-corrected chi connectivity index (χ3v) is 6.63. The topological polar surface area (TPSA) is 37.3 Å². The molecule has 0 aliphatic heterocycles. The van der Waals surface area contributed by atoms with Crippen LogP contribution < -0.4 is 0 Å². The summed E-state index contributed by atoms with van der Waals surface area (Å²) < 4.78 is 1.94. The molecule has 1 spiro atoms. The van der Waals surface area contributed by atoms with Crippen molar-refractivity contribution in [1.29, 1.82) is 0 Å². The molecule has 0 heterocycles. The first-order valence-electron chi connectivity index (χ1n) is 8.48. The third-order valence-electron chi connectivity index (χ3n) is 5.68. The number of phenolic OH excluding ortho intramolecular Hbond substituents is 1. The van der Waals surface area contributed by atoms with Gasteiger partial charge in [-0.15, -0.1) is 0 Å². The Kier molecular flexibility index (Phi) is 3.47. The molecule has 128 valence electrons. The number of hydrogen-bond acceptors (Lipinski definition) is 2. The van der Waals surface area contributed by atoms with Gasteiger partial charge in [0.15, 0.2) is 5.78 Å². The number of fused-ring (bicyclic) bond motifs is 3. The molecule has 0 aromatic heterocycles. The van der Waals surface area contributed by atoms with E-state index >= 15 is 0 Å². The Morgan fingerprint density at radius 3 is 2.62 bits per heavy atom. The maximum absolute atomic E-state index is 13.3. The van der Waals surface area contributed by atoms with Crippen molar-refractivity contribution in [3.05, 3.63) is 79.7 Å². The van der Waals surface area contributed by atoms with Crippen LogP contribution in [0.5, 0.6) is 5.75 Å². The Balaban J connectivity index is 1.94. The highest BCUT2D eigenvalue weighted by Crippen LogP contribution is 2.51. The largest absolute Gasteiger partial charge is 0.508 e. The Bertz CT molecular complexity index is 1150. The highest BCUT2D eigenvalue weighted by atomic mass is 79.9. The quantitative estimate of drug-likeness (QED) is 0.445. The van der Waals surface area contributed by atoms with Gasteiger partial charge in [-0.1, -0.05) is 50.1 Å². The number of aromatic hydroxyl groups is 1. The van der Waals surface area contributed by atoms with E-state index in [-0.39, 0.29) is 5.78 Å². The first-order valence-corrected chi connectivity index (χ1v) is 10.1. The molecule has 0 saturated carbocycles. The van der Waals surface area contributed by atoms with Crippen LogP contribution in [0.25, 0.3) is 16.8 Å². The smallest absolute Gasteiger partial charge is 0.170 e. The third kappa shape index (κ3) is 2.06. The number of ketones is 1. The van der Waals surface area contributed by atoms with Gasteiger partial charge in [0.25, 0.3) is 0 Å². The summed E-state index contributed by atoms with van der Waals surface area (Å²) in [6, 6.07) is 13.9. The van der Waals surface area contributed by atoms with Crippen LogP contribution in [-0.4, -0.2) is 10.9 Å². The number of allylic oxidation sites excluding steroid dienone is 1. The van der Waals surface area contributed by atoms with E-state index in [1.54, 1.807) is 12.1 Å². The molecule has 1 atom stereocenters. The van der Waals surface area contributed by atoms with Crippen molar-refractivity contribution in [1.82, 2.24) is 0 Å². The van der Waals surface area contributed by atoms with Gasteiger partial charge in [0, 0.05) is 14.5 Å². The average molecular weight is 470 g/mol. The molecule has 1 unspecified atom stereocenters. The molecular formula is C22H14Br2O2. The van der Waals surface area contributed by atoms with Crippen LogP contribution in [0.15, 0.2) is 57.5 Å². The lowest BCUT2D eigenvalue weighted by molar-refractivity contribution is -0.118. The summed E-state index contributed by atoms with van der Waals surface area (Å²) >= 11 is 7.15. The van der Waals surface area contributed by atoms with Gasteiger partial charge in [-0.2, -0.15) is 0 Å². The molecule has 0 bridgehead atoms. The maximum atomic E-state index is 13.3. The van der Waals surface area contributed by atoms with E-state index in [0.717, 1.165) is 42.0 Å². The molecule has 2 nitrogen and oxygen atoms in total. The van der Waals surface area contributed by atoms with Crippen molar-refractivity contribution in [3.63, 3.8) is 0 Å². The van der Waals surface area contributed by atoms with Crippen LogP contribution in [0.4, 0.5) is 0 Å². The Labute approximate surface area is 167 Å². The molecule has 3 aromatic carbocycles. The lowest BCUT2D eigenvalue weighted by Crippen LogP contribution is -2.41. The van der Waals surface area contributed by atoms with E-state index < -0.39 is 5.41 Å². The molecule has 0 saturated heterocycles.